The normalized spacial score (nSPS) is 10.7. The van der Waals surface area contributed by atoms with Crippen LogP contribution in [0.3, 0.4) is 0 Å². The first-order chi connectivity index (χ1) is 9.47. The van der Waals surface area contributed by atoms with Crippen LogP contribution in [0.5, 0.6) is 0 Å². The van der Waals surface area contributed by atoms with Gasteiger partial charge < -0.3 is 10.0 Å². The van der Waals surface area contributed by atoms with E-state index < -0.39 is 24.6 Å². The molecule has 0 amide bonds. The zero-order valence-corrected chi connectivity index (χ0v) is 11.0. The minimum atomic E-state index is -1.91. The molecule has 0 aliphatic rings. The molecule has 2 aromatic rings. The largest absolute Gasteiger partial charge is 0.491 e. The Morgan fingerprint density at radius 1 is 0.950 bits per heavy atom. The highest BCUT2D eigenvalue weighted by atomic mass is 32.2. The van der Waals surface area contributed by atoms with Gasteiger partial charge in [0.05, 0.1) is 0 Å². The molecule has 0 fully saturated rings. The minimum Gasteiger partial charge on any atom is -0.423 e. The average molecular weight is 298 g/mol. The third kappa shape index (κ3) is 3.56. The molecule has 0 spiro atoms. The van der Waals surface area contributed by atoms with E-state index in [0.29, 0.717) is 5.56 Å². The van der Waals surface area contributed by atoms with E-state index >= 15 is 0 Å². The van der Waals surface area contributed by atoms with E-state index in [9.17, 15) is 13.2 Å². The summed E-state index contributed by atoms with van der Waals surface area (Å²) in [7, 11) is -1.91. The molecule has 0 aromatic heterocycles. The van der Waals surface area contributed by atoms with Gasteiger partial charge in [-0.05, 0) is 29.8 Å². The predicted molar refractivity (Wildman–Crippen MR) is 72.1 cm³/mol. The first-order valence-corrected chi connectivity index (χ1v) is 6.68. The molecular formula is C13H10BF3O2S. The summed E-state index contributed by atoms with van der Waals surface area (Å²) >= 11 is 1.04. The Labute approximate surface area is 118 Å². The van der Waals surface area contributed by atoms with Gasteiger partial charge >= 0.3 is 7.12 Å². The summed E-state index contributed by atoms with van der Waals surface area (Å²) in [4.78, 5) is 0.139. The van der Waals surface area contributed by atoms with E-state index in [-0.39, 0.29) is 16.1 Å². The number of rotatable bonds is 4. The highest BCUT2D eigenvalue weighted by molar-refractivity contribution is 7.98. The fourth-order valence-corrected chi connectivity index (χ4v) is 2.53. The van der Waals surface area contributed by atoms with Crippen LogP contribution in [0.1, 0.15) is 5.56 Å². The van der Waals surface area contributed by atoms with Gasteiger partial charge in [0.25, 0.3) is 0 Å². The molecule has 0 aliphatic heterocycles. The third-order valence-electron chi connectivity index (χ3n) is 2.63. The molecule has 2 N–H and O–H groups in total. The van der Waals surface area contributed by atoms with Crippen molar-refractivity contribution >= 4 is 24.3 Å². The van der Waals surface area contributed by atoms with Crippen LogP contribution in [-0.2, 0) is 5.75 Å². The number of thioether (sulfide) groups is 1. The van der Waals surface area contributed by atoms with Gasteiger partial charge in [-0.15, -0.1) is 11.8 Å². The molecule has 0 saturated heterocycles. The monoisotopic (exact) mass is 298 g/mol. The second kappa shape index (κ2) is 6.34. The molecule has 0 heterocycles. The van der Waals surface area contributed by atoms with Gasteiger partial charge in [0, 0.05) is 16.1 Å². The zero-order chi connectivity index (χ0) is 14.7. The molecule has 0 atom stereocenters. The van der Waals surface area contributed by atoms with Crippen LogP contribution in [-0.4, -0.2) is 17.2 Å². The van der Waals surface area contributed by atoms with Crippen molar-refractivity contribution in [3.8, 4) is 0 Å². The lowest BCUT2D eigenvalue weighted by Gasteiger charge is -2.07. The molecule has 104 valence electrons. The summed E-state index contributed by atoms with van der Waals surface area (Å²) in [6.45, 7) is 0. The van der Waals surface area contributed by atoms with Crippen molar-refractivity contribution < 1.29 is 23.2 Å². The molecule has 0 saturated carbocycles. The van der Waals surface area contributed by atoms with E-state index in [4.69, 9.17) is 10.0 Å². The van der Waals surface area contributed by atoms with Crippen molar-refractivity contribution in [3.05, 3.63) is 59.4 Å². The van der Waals surface area contributed by atoms with Gasteiger partial charge in [0.15, 0.2) is 0 Å². The van der Waals surface area contributed by atoms with E-state index in [0.717, 1.165) is 36.0 Å². The molecule has 2 aromatic carbocycles. The Hall–Kier alpha value is -1.44. The topological polar surface area (TPSA) is 40.5 Å². The number of benzene rings is 2. The van der Waals surface area contributed by atoms with Crippen LogP contribution < -0.4 is 5.46 Å². The maximum atomic E-state index is 13.4. The molecule has 2 rings (SSSR count). The van der Waals surface area contributed by atoms with Crippen molar-refractivity contribution in [2.45, 2.75) is 10.6 Å². The van der Waals surface area contributed by atoms with Gasteiger partial charge in [0.1, 0.15) is 17.5 Å². The van der Waals surface area contributed by atoms with E-state index in [2.05, 4.69) is 0 Å². The second-order valence-electron chi connectivity index (χ2n) is 4.09. The summed E-state index contributed by atoms with van der Waals surface area (Å²) in [5.74, 6) is -1.56. The fraction of sp³-hybridized carbons (Fsp3) is 0.0769. The maximum Gasteiger partial charge on any atom is 0.491 e. The first kappa shape index (κ1) is 15.0. The number of halogens is 3. The molecule has 2 nitrogen and oxygen atoms in total. The number of hydrogen-bond acceptors (Lipinski definition) is 3. The SMILES string of the molecule is OB(O)c1cc(CSc2cc(F)ccc2F)ccc1F. The van der Waals surface area contributed by atoms with Crippen molar-refractivity contribution in [2.24, 2.45) is 0 Å². The predicted octanol–water partition coefficient (Wildman–Crippen LogP) is 2.08. The van der Waals surface area contributed by atoms with Crippen LogP contribution in [0.25, 0.3) is 0 Å². The Bertz CT molecular complexity index is 623. The van der Waals surface area contributed by atoms with Crippen LogP contribution in [0, 0.1) is 17.5 Å². The highest BCUT2D eigenvalue weighted by Crippen LogP contribution is 2.26. The molecule has 0 unspecified atom stereocenters. The van der Waals surface area contributed by atoms with E-state index in [1.165, 1.54) is 12.1 Å². The van der Waals surface area contributed by atoms with Crippen molar-refractivity contribution in [1.29, 1.82) is 0 Å². The van der Waals surface area contributed by atoms with Crippen LogP contribution in [0.2, 0.25) is 0 Å². The van der Waals surface area contributed by atoms with Gasteiger partial charge in [0.2, 0.25) is 0 Å². The molecule has 0 bridgehead atoms. The van der Waals surface area contributed by atoms with Gasteiger partial charge in [-0.1, -0.05) is 12.1 Å². The van der Waals surface area contributed by atoms with Crippen molar-refractivity contribution in [2.75, 3.05) is 0 Å². The third-order valence-corrected chi connectivity index (χ3v) is 3.73. The smallest absolute Gasteiger partial charge is 0.423 e. The lowest BCUT2D eigenvalue weighted by Crippen LogP contribution is -2.33. The average Bonchev–Trinajstić information content (AvgIpc) is 2.41. The van der Waals surface area contributed by atoms with Crippen LogP contribution >= 0.6 is 11.8 Å². The Kier molecular flexibility index (Phi) is 4.75. The molecular weight excluding hydrogens is 288 g/mol. The van der Waals surface area contributed by atoms with Gasteiger partial charge in [-0.3, -0.25) is 0 Å². The standard InChI is InChI=1S/C13H10BF3O2S/c15-9-2-4-12(17)13(6-9)20-7-8-1-3-11(16)10(5-8)14(18)19/h1-6,18-19H,7H2. The van der Waals surface area contributed by atoms with Crippen molar-refractivity contribution in [1.82, 2.24) is 0 Å². The van der Waals surface area contributed by atoms with Crippen LogP contribution in [0.4, 0.5) is 13.2 Å². The Morgan fingerprint density at radius 3 is 2.35 bits per heavy atom. The zero-order valence-electron chi connectivity index (χ0n) is 10.2. The second-order valence-corrected chi connectivity index (χ2v) is 5.11. The van der Waals surface area contributed by atoms with Crippen molar-refractivity contribution in [3.63, 3.8) is 0 Å². The highest BCUT2D eigenvalue weighted by Gasteiger charge is 2.17. The Balaban J connectivity index is 2.15. The fourth-order valence-electron chi connectivity index (χ4n) is 1.63. The van der Waals surface area contributed by atoms with Gasteiger partial charge in [-0.25, -0.2) is 13.2 Å². The summed E-state index contributed by atoms with van der Waals surface area (Å²) < 4.78 is 39.7. The summed E-state index contributed by atoms with van der Waals surface area (Å²) in [5, 5.41) is 18.0. The molecule has 0 radical (unpaired) electrons. The van der Waals surface area contributed by atoms with E-state index in [1.54, 1.807) is 0 Å². The molecule has 7 heteroatoms. The quantitative estimate of drug-likeness (QED) is 0.670. The summed E-state index contributed by atoms with van der Waals surface area (Å²) in [5.41, 5.74) is 0.325. The molecule has 0 aliphatic carbocycles. The lowest BCUT2D eigenvalue weighted by molar-refractivity contribution is 0.423. The number of hydrogen-bond donors (Lipinski definition) is 2. The lowest BCUT2D eigenvalue weighted by atomic mass is 9.79. The maximum absolute atomic E-state index is 13.4. The molecule has 20 heavy (non-hydrogen) atoms. The van der Waals surface area contributed by atoms with Gasteiger partial charge in [-0.2, -0.15) is 0 Å². The minimum absolute atomic E-state index is 0.139. The summed E-state index contributed by atoms with van der Waals surface area (Å²) in [6.07, 6.45) is 0. The van der Waals surface area contributed by atoms with Crippen LogP contribution in [0.15, 0.2) is 41.3 Å². The summed E-state index contributed by atoms with van der Waals surface area (Å²) in [6, 6.07) is 6.97. The van der Waals surface area contributed by atoms with E-state index in [1.807, 2.05) is 0 Å². The first-order valence-electron chi connectivity index (χ1n) is 5.69. The Morgan fingerprint density at radius 2 is 1.65 bits per heavy atom.